The number of carbonyl (C=O) groups is 1. The van der Waals surface area contributed by atoms with Crippen LogP contribution in [0.1, 0.15) is 64.7 Å². The Morgan fingerprint density at radius 2 is 1.20 bits per heavy atom. The second-order valence-electron chi connectivity index (χ2n) is 16.7. The fourth-order valence-corrected chi connectivity index (χ4v) is 8.02. The largest absolute Gasteiger partial charge is 0.457 e. The van der Waals surface area contributed by atoms with Crippen molar-refractivity contribution < 1.29 is 37.0 Å². The van der Waals surface area contributed by atoms with Crippen LogP contribution in [0.2, 0.25) is 36.3 Å². The first-order valence-corrected chi connectivity index (χ1v) is 23.8. The van der Waals surface area contributed by atoms with Crippen LogP contribution in [0, 0.1) is 0 Å². The standard InChI is InChI=1S/C41H59FO7Si2/c1-39(2,3)50(7,8)48-34-26-41(42,38(43)46-29-33-24-18-13-19-25-33)47-36(37(34)49-51(9,10)40(4,5)6)35(45-28-32-22-16-12-17-23-32)30-44-27-31-20-14-11-15-21-31/h11-25,34-37H,26-30H2,1-10H3/t34-,35-,36-,37-,41+/m1/s1. The maximum absolute atomic E-state index is 17.5. The predicted octanol–water partition coefficient (Wildman–Crippen LogP) is 9.77. The Morgan fingerprint density at radius 3 is 1.69 bits per heavy atom. The third kappa shape index (κ3) is 11.1. The van der Waals surface area contributed by atoms with Crippen LogP contribution >= 0.6 is 0 Å². The number of rotatable bonds is 15. The second kappa shape index (κ2) is 17.0. The highest BCUT2D eigenvalue weighted by molar-refractivity contribution is 6.74. The molecule has 10 heteroatoms. The summed E-state index contributed by atoms with van der Waals surface area (Å²) in [5.41, 5.74) is 2.67. The highest BCUT2D eigenvalue weighted by Gasteiger charge is 2.59. The number of esters is 1. The normalized spacial score (nSPS) is 22.4. The Morgan fingerprint density at radius 1 is 0.745 bits per heavy atom. The molecule has 51 heavy (non-hydrogen) atoms. The molecule has 0 unspecified atom stereocenters. The summed E-state index contributed by atoms with van der Waals surface area (Å²) in [5.74, 6) is -3.92. The number of halogens is 1. The SMILES string of the molecule is CC(C)(C)[Si](C)(C)O[C@H]1[C@@H]([C@@H](COCc2ccccc2)OCc2ccccc2)O[C@](F)(C(=O)OCc2ccccc2)C[C@H]1O[Si](C)(C)C(C)(C)C. The van der Waals surface area contributed by atoms with Crippen LogP contribution in [0.3, 0.4) is 0 Å². The number of ether oxygens (including phenoxy) is 4. The number of carbonyl (C=O) groups excluding carboxylic acids is 1. The van der Waals surface area contributed by atoms with Crippen molar-refractivity contribution in [2.75, 3.05) is 6.61 Å². The van der Waals surface area contributed by atoms with Gasteiger partial charge in [-0.1, -0.05) is 133 Å². The molecule has 0 N–H and O–H groups in total. The third-order valence-corrected chi connectivity index (χ3v) is 19.5. The van der Waals surface area contributed by atoms with Gasteiger partial charge in [-0.25, -0.2) is 4.79 Å². The van der Waals surface area contributed by atoms with Gasteiger partial charge in [-0.2, -0.15) is 4.39 Å². The molecule has 5 atom stereocenters. The van der Waals surface area contributed by atoms with Crippen molar-refractivity contribution in [2.45, 2.75) is 134 Å². The Labute approximate surface area is 307 Å². The van der Waals surface area contributed by atoms with E-state index < -0.39 is 52.9 Å². The molecular weight excluding hydrogens is 680 g/mol. The molecule has 1 fully saturated rings. The molecule has 3 aromatic rings. The van der Waals surface area contributed by atoms with E-state index in [9.17, 15) is 4.79 Å². The number of alkyl halides is 1. The van der Waals surface area contributed by atoms with Crippen molar-refractivity contribution in [1.29, 1.82) is 0 Å². The van der Waals surface area contributed by atoms with Gasteiger partial charge >= 0.3 is 11.8 Å². The minimum absolute atomic E-state index is 0.0612. The average Bonchev–Trinajstić information content (AvgIpc) is 3.06. The molecule has 0 amide bonds. The highest BCUT2D eigenvalue weighted by Crippen LogP contribution is 2.46. The van der Waals surface area contributed by atoms with E-state index >= 15 is 4.39 Å². The molecule has 0 radical (unpaired) electrons. The first-order chi connectivity index (χ1) is 23.8. The third-order valence-electron chi connectivity index (χ3n) is 10.6. The monoisotopic (exact) mass is 738 g/mol. The van der Waals surface area contributed by atoms with Gasteiger partial charge in [0.1, 0.15) is 18.8 Å². The van der Waals surface area contributed by atoms with Crippen molar-refractivity contribution in [3.8, 4) is 0 Å². The molecule has 4 rings (SSSR count). The summed E-state index contributed by atoms with van der Waals surface area (Å²) in [7, 11) is -5.07. The summed E-state index contributed by atoms with van der Waals surface area (Å²) in [5, 5.41) is -0.376. The number of hydrogen-bond acceptors (Lipinski definition) is 7. The molecule has 280 valence electrons. The smallest absolute Gasteiger partial charge is 0.372 e. The molecule has 0 aliphatic carbocycles. The predicted molar refractivity (Wildman–Crippen MR) is 205 cm³/mol. The van der Waals surface area contributed by atoms with Crippen LogP contribution in [-0.2, 0) is 52.4 Å². The van der Waals surface area contributed by atoms with E-state index in [0.29, 0.717) is 6.61 Å². The zero-order valence-electron chi connectivity index (χ0n) is 32.2. The Balaban J connectivity index is 1.77. The minimum atomic E-state index is -2.83. The van der Waals surface area contributed by atoms with Gasteiger partial charge < -0.3 is 27.8 Å². The lowest BCUT2D eigenvalue weighted by Crippen LogP contribution is -2.66. The van der Waals surface area contributed by atoms with Crippen molar-refractivity contribution in [2.24, 2.45) is 0 Å². The molecule has 1 saturated heterocycles. The van der Waals surface area contributed by atoms with Crippen LogP contribution in [-0.4, -0.2) is 59.5 Å². The molecule has 1 aliphatic rings. The van der Waals surface area contributed by atoms with Gasteiger partial charge in [0.25, 0.3) is 0 Å². The van der Waals surface area contributed by atoms with Crippen LogP contribution in [0.25, 0.3) is 0 Å². The Hall–Kier alpha value is -2.71. The summed E-state index contributed by atoms with van der Waals surface area (Å²) in [6.07, 6.45) is -3.86. The molecule has 1 aliphatic heterocycles. The molecule has 0 spiro atoms. The topological polar surface area (TPSA) is 72.5 Å². The fourth-order valence-electron chi connectivity index (χ4n) is 5.37. The Kier molecular flexibility index (Phi) is 13.7. The fraction of sp³-hybridized carbons (Fsp3) is 0.537. The van der Waals surface area contributed by atoms with Gasteiger partial charge in [-0.15, -0.1) is 0 Å². The lowest BCUT2D eigenvalue weighted by atomic mass is 9.93. The van der Waals surface area contributed by atoms with Gasteiger partial charge in [-0.3, -0.25) is 0 Å². The van der Waals surface area contributed by atoms with Crippen molar-refractivity contribution in [3.05, 3.63) is 108 Å². The summed E-state index contributed by atoms with van der Waals surface area (Å²) in [6.45, 7) is 22.0. The molecule has 7 nitrogen and oxygen atoms in total. The van der Waals surface area contributed by atoms with Crippen molar-refractivity contribution >= 4 is 22.6 Å². The average molecular weight is 739 g/mol. The molecule has 1 heterocycles. The van der Waals surface area contributed by atoms with E-state index in [4.69, 9.17) is 27.8 Å². The van der Waals surface area contributed by atoms with Crippen LogP contribution in [0.5, 0.6) is 0 Å². The zero-order valence-corrected chi connectivity index (χ0v) is 34.2. The van der Waals surface area contributed by atoms with Gasteiger partial charge in [0.15, 0.2) is 16.6 Å². The van der Waals surface area contributed by atoms with Crippen LogP contribution in [0.15, 0.2) is 91.0 Å². The lowest BCUT2D eigenvalue weighted by molar-refractivity contribution is -0.287. The first kappa shape index (κ1) is 41.1. The van der Waals surface area contributed by atoms with E-state index in [0.717, 1.165) is 16.7 Å². The van der Waals surface area contributed by atoms with Crippen molar-refractivity contribution in [1.82, 2.24) is 0 Å². The van der Waals surface area contributed by atoms with Gasteiger partial charge in [-0.05, 0) is 53.0 Å². The molecular formula is C41H59FO7Si2. The molecule has 3 aromatic carbocycles. The maximum Gasteiger partial charge on any atom is 0.372 e. The van der Waals surface area contributed by atoms with E-state index in [1.165, 1.54) is 0 Å². The summed E-state index contributed by atoms with van der Waals surface area (Å²) < 4.78 is 56.6. The van der Waals surface area contributed by atoms with Crippen molar-refractivity contribution in [3.63, 3.8) is 0 Å². The summed E-state index contributed by atoms with van der Waals surface area (Å²) >= 11 is 0. The minimum Gasteiger partial charge on any atom is -0.457 e. The maximum atomic E-state index is 17.5. The van der Waals surface area contributed by atoms with Gasteiger partial charge in [0.2, 0.25) is 0 Å². The summed E-state index contributed by atoms with van der Waals surface area (Å²) in [4.78, 5) is 13.8. The molecule has 0 bridgehead atoms. The second-order valence-corrected chi connectivity index (χ2v) is 26.2. The molecule has 0 aromatic heterocycles. The van der Waals surface area contributed by atoms with Crippen LogP contribution in [0.4, 0.5) is 4.39 Å². The van der Waals surface area contributed by atoms with Gasteiger partial charge in [0, 0.05) is 6.42 Å². The highest BCUT2D eigenvalue weighted by atomic mass is 28.4. The van der Waals surface area contributed by atoms with E-state index in [1.807, 2.05) is 91.0 Å². The Bertz CT molecular complexity index is 1510. The van der Waals surface area contributed by atoms with Crippen LogP contribution < -0.4 is 0 Å². The summed E-state index contributed by atoms with van der Waals surface area (Å²) in [6, 6.07) is 28.8. The molecule has 0 saturated carbocycles. The number of benzene rings is 3. The first-order valence-electron chi connectivity index (χ1n) is 18.0. The van der Waals surface area contributed by atoms with Gasteiger partial charge in [0.05, 0.1) is 32.0 Å². The van der Waals surface area contributed by atoms with E-state index in [-0.39, 0.29) is 36.3 Å². The number of hydrogen-bond donors (Lipinski definition) is 0. The van der Waals surface area contributed by atoms with E-state index in [2.05, 4.69) is 67.7 Å². The van der Waals surface area contributed by atoms with E-state index in [1.54, 1.807) is 0 Å². The lowest BCUT2D eigenvalue weighted by Gasteiger charge is -2.52. The quantitative estimate of drug-likeness (QED) is 0.114. The zero-order chi connectivity index (χ0) is 37.5.